The molecule has 0 radical (unpaired) electrons. The van der Waals surface area contributed by atoms with Gasteiger partial charge >= 0.3 is 0 Å². The Balaban J connectivity index is 2.37. The maximum absolute atomic E-state index is 6.03. The van der Waals surface area contributed by atoms with Crippen molar-refractivity contribution in [1.82, 2.24) is 10.3 Å². The third kappa shape index (κ3) is 1.80. The zero-order chi connectivity index (χ0) is 9.26. The molecule has 2 heterocycles. The highest BCUT2D eigenvalue weighted by Crippen LogP contribution is 2.33. The van der Waals surface area contributed by atoms with E-state index >= 15 is 0 Å². The van der Waals surface area contributed by atoms with E-state index in [0.29, 0.717) is 16.0 Å². The first-order valence-corrected chi connectivity index (χ1v) is 5.04. The fraction of sp³-hybridized carbons (Fsp3) is 0.444. The van der Waals surface area contributed by atoms with Gasteiger partial charge in [0.25, 0.3) is 0 Å². The Morgan fingerprint density at radius 1 is 1.31 bits per heavy atom. The van der Waals surface area contributed by atoms with Gasteiger partial charge in [0.1, 0.15) is 0 Å². The van der Waals surface area contributed by atoms with Crippen LogP contribution in [0.15, 0.2) is 12.4 Å². The molecule has 70 valence electrons. The number of hydrogen-bond donors (Lipinski definition) is 1. The topological polar surface area (TPSA) is 24.9 Å². The molecule has 0 amide bonds. The molecule has 2 nitrogen and oxygen atoms in total. The number of hydrogen-bond acceptors (Lipinski definition) is 2. The number of halogens is 2. The summed E-state index contributed by atoms with van der Waals surface area (Å²) in [5.41, 5.74) is 1.04. The summed E-state index contributed by atoms with van der Waals surface area (Å²) in [6.45, 7) is 2.00. The van der Waals surface area contributed by atoms with E-state index < -0.39 is 0 Å². The van der Waals surface area contributed by atoms with Crippen LogP contribution in [0.4, 0.5) is 0 Å². The standard InChI is InChI=1S/C9H10Cl2N2/c10-7-4-13-5-8(11)9(7)6-1-2-12-3-6/h4-6,12H,1-3H2. The molecule has 0 aromatic carbocycles. The van der Waals surface area contributed by atoms with Crippen molar-refractivity contribution in [2.45, 2.75) is 12.3 Å². The van der Waals surface area contributed by atoms with Gasteiger partial charge in [-0.3, -0.25) is 4.98 Å². The Hall–Kier alpha value is -0.310. The molecule has 1 atom stereocenters. The van der Waals surface area contributed by atoms with Crippen LogP contribution in [-0.4, -0.2) is 18.1 Å². The first-order valence-electron chi connectivity index (χ1n) is 4.28. The van der Waals surface area contributed by atoms with E-state index in [9.17, 15) is 0 Å². The Morgan fingerprint density at radius 2 is 2.00 bits per heavy atom. The number of nitrogens with one attached hydrogen (secondary N) is 1. The monoisotopic (exact) mass is 216 g/mol. The van der Waals surface area contributed by atoms with Gasteiger partial charge in [0, 0.05) is 24.9 Å². The first-order chi connectivity index (χ1) is 6.29. The van der Waals surface area contributed by atoms with Gasteiger partial charge in [-0.05, 0) is 18.5 Å². The second-order valence-corrected chi connectivity index (χ2v) is 4.02. The van der Waals surface area contributed by atoms with Crippen LogP contribution in [0.25, 0.3) is 0 Å². The second kappa shape index (κ2) is 3.82. The second-order valence-electron chi connectivity index (χ2n) is 3.21. The van der Waals surface area contributed by atoms with Crippen LogP contribution < -0.4 is 5.32 Å². The van der Waals surface area contributed by atoms with E-state index in [-0.39, 0.29) is 0 Å². The van der Waals surface area contributed by atoms with Gasteiger partial charge in [-0.15, -0.1) is 0 Å². The molecule has 1 N–H and O–H groups in total. The van der Waals surface area contributed by atoms with Crippen LogP contribution in [0.2, 0.25) is 10.0 Å². The average Bonchev–Trinajstić information content (AvgIpc) is 2.57. The highest BCUT2D eigenvalue weighted by molar-refractivity contribution is 6.35. The minimum atomic E-state index is 0.447. The molecule has 1 saturated heterocycles. The smallest absolute Gasteiger partial charge is 0.0639 e. The van der Waals surface area contributed by atoms with Crippen LogP contribution in [0.1, 0.15) is 17.9 Å². The molecule has 1 aliphatic rings. The fourth-order valence-electron chi connectivity index (χ4n) is 1.71. The molecule has 1 aliphatic heterocycles. The minimum absolute atomic E-state index is 0.447. The van der Waals surface area contributed by atoms with Crippen molar-refractivity contribution in [1.29, 1.82) is 0 Å². The average molecular weight is 217 g/mol. The molecular formula is C9H10Cl2N2. The maximum atomic E-state index is 6.03. The van der Waals surface area contributed by atoms with E-state index in [1.165, 1.54) is 0 Å². The van der Waals surface area contributed by atoms with Crippen molar-refractivity contribution in [2.75, 3.05) is 13.1 Å². The summed E-state index contributed by atoms with van der Waals surface area (Å²) in [6.07, 6.45) is 4.41. The lowest BCUT2D eigenvalue weighted by Gasteiger charge is -2.11. The van der Waals surface area contributed by atoms with Gasteiger partial charge in [0.2, 0.25) is 0 Å². The van der Waals surface area contributed by atoms with Gasteiger partial charge in [-0.2, -0.15) is 0 Å². The number of aromatic nitrogens is 1. The molecule has 0 spiro atoms. The zero-order valence-electron chi connectivity index (χ0n) is 7.06. The van der Waals surface area contributed by atoms with Gasteiger partial charge in [-0.25, -0.2) is 0 Å². The van der Waals surface area contributed by atoms with Crippen molar-refractivity contribution >= 4 is 23.2 Å². The molecule has 0 aliphatic carbocycles. The van der Waals surface area contributed by atoms with E-state index in [1.54, 1.807) is 12.4 Å². The van der Waals surface area contributed by atoms with Crippen molar-refractivity contribution in [3.8, 4) is 0 Å². The van der Waals surface area contributed by atoms with Crippen molar-refractivity contribution in [3.63, 3.8) is 0 Å². The number of pyridine rings is 1. The predicted octanol–water partition coefficient (Wildman–Crippen LogP) is 2.47. The third-order valence-electron chi connectivity index (χ3n) is 2.36. The van der Waals surface area contributed by atoms with E-state index in [4.69, 9.17) is 23.2 Å². The third-order valence-corrected chi connectivity index (χ3v) is 2.96. The maximum Gasteiger partial charge on any atom is 0.0639 e. The molecule has 4 heteroatoms. The molecule has 2 rings (SSSR count). The molecule has 13 heavy (non-hydrogen) atoms. The lowest BCUT2D eigenvalue weighted by Crippen LogP contribution is -2.08. The van der Waals surface area contributed by atoms with Crippen LogP contribution in [0, 0.1) is 0 Å². The van der Waals surface area contributed by atoms with Crippen LogP contribution >= 0.6 is 23.2 Å². The molecule has 1 fully saturated rings. The zero-order valence-corrected chi connectivity index (χ0v) is 8.57. The Kier molecular flexibility index (Phi) is 2.72. The van der Waals surface area contributed by atoms with Gasteiger partial charge in [0.05, 0.1) is 10.0 Å². The summed E-state index contributed by atoms with van der Waals surface area (Å²) in [5.74, 6) is 0.447. The fourth-order valence-corrected chi connectivity index (χ4v) is 2.39. The largest absolute Gasteiger partial charge is 0.316 e. The predicted molar refractivity (Wildman–Crippen MR) is 54.5 cm³/mol. The van der Waals surface area contributed by atoms with E-state index in [0.717, 1.165) is 25.1 Å². The van der Waals surface area contributed by atoms with Crippen LogP contribution in [0.3, 0.4) is 0 Å². The summed E-state index contributed by atoms with van der Waals surface area (Å²) in [6, 6.07) is 0. The van der Waals surface area contributed by atoms with Crippen LogP contribution in [0.5, 0.6) is 0 Å². The quantitative estimate of drug-likeness (QED) is 0.781. The summed E-state index contributed by atoms with van der Waals surface area (Å²) < 4.78 is 0. The van der Waals surface area contributed by atoms with Gasteiger partial charge in [-0.1, -0.05) is 23.2 Å². The number of nitrogens with zero attached hydrogens (tertiary/aromatic N) is 1. The first kappa shape index (κ1) is 9.25. The molecule has 0 bridgehead atoms. The lowest BCUT2D eigenvalue weighted by molar-refractivity contribution is 0.762. The molecular weight excluding hydrogens is 207 g/mol. The van der Waals surface area contributed by atoms with Gasteiger partial charge < -0.3 is 5.32 Å². The molecule has 1 unspecified atom stereocenters. The van der Waals surface area contributed by atoms with Crippen molar-refractivity contribution in [2.24, 2.45) is 0 Å². The minimum Gasteiger partial charge on any atom is -0.316 e. The molecule has 1 aromatic rings. The Labute approximate surface area is 87.3 Å². The molecule has 1 aromatic heterocycles. The van der Waals surface area contributed by atoms with Crippen molar-refractivity contribution in [3.05, 3.63) is 28.0 Å². The summed E-state index contributed by atoms with van der Waals surface area (Å²) in [5, 5.41) is 4.65. The SMILES string of the molecule is Clc1cncc(Cl)c1C1CCNC1. The summed E-state index contributed by atoms with van der Waals surface area (Å²) in [4.78, 5) is 3.93. The number of rotatable bonds is 1. The Bertz CT molecular complexity index is 288. The highest BCUT2D eigenvalue weighted by atomic mass is 35.5. The van der Waals surface area contributed by atoms with Gasteiger partial charge in [0.15, 0.2) is 0 Å². The molecule has 0 saturated carbocycles. The normalized spacial score (nSPS) is 22.2. The lowest BCUT2D eigenvalue weighted by atomic mass is 10.00. The van der Waals surface area contributed by atoms with E-state index in [2.05, 4.69) is 10.3 Å². The highest BCUT2D eigenvalue weighted by Gasteiger charge is 2.21. The van der Waals surface area contributed by atoms with E-state index in [1.807, 2.05) is 0 Å². The Morgan fingerprint density at radius 3 is 2.54 bits per heavy atom. The summed E-state index contributed by atoms with van der Waals surface area (Å²) >= 11 is 12.1. The van der Waals surface area contributed by atoms with Crippen molar-refractivity contribution < 1.29 is 0 Å². The summed E-state index contributed by atoms with van der Waals surface area (Å²) in [7, 11) is 0. The van der Waals surface area contributed by atoms with Crippen LogP contribution in [-0.2, 0) is 0 Å².